The first-order valence-electron chi connectivity index (χ1n) is 6.00. The number of carboxylic acid groups (broad SMARTS) is 2. The molecule has 1 aromatic carbocycles. The van der Waals surface area contributed by atoms with Gasteiger partial charge in [0.15, 0.2) is 5.82 Å². The van der Waals surface area contributed by atoms with Crippen LogP contribution in [-0.2, 0) is 7.05 Å². The Hall–Kier alpha value is -2.90. The summed E-state index contributed by atoms with van der Waals surface area (Å²) in [6.07, 6.45) is 0. The summed E-state index contributed by atoms with van der Waals surface area (Å²) in [5, 5.41) is 22.3. The fourth-order valence-corrected chi connectivity index (χ4v) is 1.89. The van der Waals surface area contributed by atoms with Crippen LogP contribution in [0.4, 0.5) is 5.95 Å². The van der Waals surface area contributed by atoms with Gasteiger partial charge in [-0.25, -0.2) is 14.3 Å². The van der Waals surface area contributed by atoms with E-state index < -0.39 is 11.9 Å². The van der Waals surface area contributed by atoms with Crippen LogP contribution >= 0.6 is 0 Å². The van der Waals surface area contributed by atoms with Crippen LogP contribution in [0.5, 0.6) is 0 Å². The summed E-state index contributed by atoms with van der Waals surface area (Å²) in [4.78, 5) is 28.2. The first-order valence-corrected chi connectivity index (χ1v) is 6.00. The highest BCUT2D eigenvalue weighted by atomic mass is 16.4. The number of hydrogen-bond acceptors (Lipinski definition) is 5. The number of anilines is 1. The molecule has 0 saturated heterocycles. The van der Waals surface area contributed by atoms with Crippen molar-refractivity contribution in [2.24, 2.45) is 7.05 Å². The van der Waals surface area contributed by atoms with Crippen molar-refractivity contribution in [1.82, 2.24) is 14.8 Å². The van der Waals surface area contributed by atoms with E-state index in [0.717, 1.165) is 6.07 Å². The van der Waals surface area contributed by atoms with E-state index in [4.69, 9.17) is 10.2 Å². The Labute approximate surface area is 120 Å². The molecule has 0 aliphatic carbocycles. The molecule has 0 radical (unpaired) electrons. The van der Waals surface area contributed by atoms with Gasteiger partial charge >= 0.3 is 11.9 Å². The van der Waals surface area contributed by atoms with Crippen molar-refractivity contribution in [2.45, 2.75) is 0 Å². The minimum absolute atomic E-state index is 0.122. The molecule has 2 aromatic rings. The first-order chi connectivity index (χ1) is 9.79. The topological polar surface area (TPSA) is 109 Å². The van der Waals surface area contributed by atoms with Crippen molar-refractivity contribution in [3.05, 3.63) is 29.3 Å². The fraction of sp³-hybridized carbons (Fsp3) is 0.231. The molecule has 0 atom stereocenters. The molecule has 0 fully saturated rings. The van der Waals surface area contributed by atoms with Crippen molar-refractivity contribution < 1.29 is 19.8 Å². The molecule has 2 rings (SSSR count). The second-order valence-corrected chi connectivity index (χ2v) is 4.66. The van der Waals surface area contributed by atoms with Crippen molar-refractivity contribution >= 4 is 17.9 Å². The maximum Gasteiger partial charge on any atom is 0.335 e. The fourth-order valence-electron chi connectivity index (χ4n) is 1.89. The van der Waals surface area contributed by atoms with Crippen molar-refractivity contribution in [3.63, 3.8) is 0 Å². The van der Waals surface area contributed by atoms with E-state index >= 15 is 0 Å². The molecule has 21 heavy (non-hydrogen) atoms. The quantitative estimate of drug-likeness (QED) is 0.862. The molecule has 1 aromatic heterocycles. The molecule has 8 nitrogen and oxygen atoms in total. The van der Waals surface area contributed by atoms with Crippen LogP contribution in [0.2, 0.25) is 0 Å². The first kappa shape index (κ1) is 14.5. The molecule has 8 heteroatoms. The van der Waals surface area contributed by atoms with Crippen molar-refractivity contribution in [1.29, 1.82) is 0 Å². The largest absolute Gasteiger partial charge is 0.478 e. The number of carboxylic acids is 2. The smallest absolute Gasteiger partial charge is 0.335 e. The Balaban J connectivity index is 2.60. The van der Waals surface area contributed by atoms with E-state index in [1.165, 1.54) is 16.8 Å². The van der Waals surface area contributed by atoms with Crippen LogP contribution in [0.25, 0.3) is 11.4 Å². The summed E-state index contributed by atoms with van der Waals surface area (Å²) in [5.74, 6) is -1.57. The van der Waals surface area contributed by atoms with Gasteiger partial charge in [0.1, 0.15) is 0 Å². The Morgan fingerprint density at radius 1 is 1.10 bits per heavy atom. The molecule has 1 heterocycles. The maximum atomic E-state index is 11.1. The molecule has 110 valence electrons. The van der Waals surface area contributed by atoms with Crippen LogP contribution in [0, 0.1) is 0 Å². The highest BCUT2D eigenvalue weighted by Gasteiger charge is 2.16. The van der Waals surface area contributed by atoms with E-state index in [0.29, 0.717) is 11.5 Å². The summed E-state index contributed by atoms with van der Waals surface area (Å²) in [6, 6.07) is 3.80. The Morgan fingerprint density at radius 2 is 1.62 bits per heavy atom. The van der Waals surface area contributed by atoms with Crippen LogP contribution < -0.4 is 4.90 Å². The number of aryl methyl sites for hydroxylation is 1. The minimum Gasteiger partial charge on any atom is -0.478 e. The molecule has 0 bridgehead atoms. The predicted octanol–water partition coefficient (Wildman–Crippen LogP) is 0.944. The van der Waals surface area contributed by atoms with Gasteiger partial charge in [-0.15, -0.1) is 5.10 Å². The standard InChI is InChI=1S/C13H14N4O4/c1-16(2)13-14-10(15-17(13)3)7-4-8(11(18)19)6-9(5-7)12(20)21/h4-6H,1-3H3,(H,18,19)(H,20,21). The number of carbonyl (C=O) groups is 2. The lowest BCUT2D eigenvalue weighted by Crippen LogP contribution is -2.14. The number of hydrogen-bond donors (Lipinski definition) is 2. The molecular formula is C13H14N4O4. The lowest BCUT2D eigenvalue weighted by Gasteiger charge is -2.08. The highest BCUT2D eigenvalue weighted by molar-refractivity contribution is 5.95. The second kappa shape index (κ2) is 5.23. The third kappa shape index (κ3) is 2.83. The van der Waals surface area contributed by atoms with Gasteiger partial charge in [-0.3, -0.25) is 0 Å². The number of rotatable bonds is 4. The average molecular weight is 290 g/mol. The SMILES string of the molecule is CN(C)c1nc(-c2cc(C(=O)O)cc(C(=O)O)c2)nn1C. The Morgan fingerprint density at radius 3 is 2.00 bits per heavy atom. The summed E-state index contributed by atoms with van der Waals surface area (Å²) in [6.45, 7) is 0. The minimum atomic E-state index is -1.21. The zero-order valence-corrected chi connectivity index (χ0v) is 11.7. The Bertz CT molecular complexity index is 689. The van der Waals surface area contributed by atoms with Gasteiger partial charge in [0.2, 0.25) is 5.95 Å². The van der Waals surface area contributed by atoms with Gasteiger partial charge in [-0.05, 0) is 18.2 Å². The van der Waals surface area contributed by atoms with Crippen LogP contribution in [0.3, 0.4) is 0 Å². The third-order valence-electron chi connectivity index (χ3n) is 2.83. The van der Waals surface area contributed by atoms with Crippen LogP contribution in [0.1, 0.15) is 20.7 Å². The zero-order valence-electron chi connectivity index (χ0n) is 11.7. The van der Waals surface area contributed by atoms with Crippen molar-refractivity contribution in [3.8, 4) is 11.4 Å². The molecule has 0 aliphatic rings. The van der Waals surface area contributed by atoms with E-state index in [2.05, 4.69) is 10.1 Å². The van der Waals surface area contributed by atoms with Gasteiger partial charge in [0, 0.05) is 26.7 Å². The monoisotopic (exact) mass is 290 g/mol. The molecule has 0 saturated carbocycles. The van der Waals surface area contributed by atoms with Gasteiger partial charge in [0.05, 0.1) is 11.1 Å². The third-order valence-corrected chi connectivity index (χ3v) is 2.83. The summed E-state index contributed by atoms with van der Waals surface area (Å²) in [5.41, 5.74) is 0.100. The van der Waals surface area contributed by atoms with E-state index in [-0.39, 0.29) is 17.0 Å². The van der Waals surface area contributed by atoms with Crippen LogP contribution in [0.15, 0.2) is 18.2 Å². The molecule has 0 amide bonds. The van der Waals surface area contributed by atoms with Gasteiger partial charge < -0.3 is 15.1 Å². The lowest BCUT2D eigenvalue weighted by atomic mass is 10.1. The van der Waals surface area contributed by atoms with Gasteiger partial charge in [0.25, 0.3) is 0 Å². The summed E-state index contributed by atoms with van der Waals surface area (Å²) in [7, 11) is 5.29. The van der Waals surface area contributed by atoms with E-state index in [1.807, 2.05) is 0 Å². The lowest BCUT2D eigenvalue weighted by molar-refractivity contribution is 0.0696. The second-order valence-electron chi connectivity index (χ2n) is 4.66. The van der Waals surface area contributed by atoms with E-state index in [1.54, 1.807) is 26.0 Å². The average Bonchev–Trinajstić information content (AvgIpc) is 2.80. The van der Waals surface area contributed by atoms with Gasteiger partial charge in [-0.1, -0.05) is 0 Å². The molecule has 0 spiro atoms. The number of aromatic carboxylic acids is 2. The van der Waals surface area contributed by atoms with Crippen molar-refractivity contribution in [2.75, 3.05) is 19.0 Å². The predicted molar refractivity (Wildman–Crippen MR) is 74.7 cm³/mol. The molecule has 0 unspecified atom stereocenters. The normalized spacial score (nSPS) is 10.4. The molecule has 2 N–H and O–H groups in total. The van der Waals surface area contributed by atoms with Gasteiger partial charge in [-0.2, -0.15) is 4.98 Å². The van der Waals surface area contributed by atoms with Crippen LogP contribution in [-0.4, -0.2) is 51.0 Å². The number of benzene rings is 1. The maximum absolute atomic E-state index is 11.1. The molecular weight excluding hydrogens is 276 g/mol. The summed E-state index contributed by atoms with van der Waals surface area (Å²) >= 11 is 0. The highest BCUT2D eigenvalue weighted by Crippen LogP contribution is 2.22. The van der Waals surface area contributed by atoms with E-state index in [9.17, 15) is 9.59 Å². The zero-order chi connectivity index (χ0) is 15.7. The summed E-state index contributed by atoms with van der Waals surface area (Å²) < 4.78 is 1.53. The number of nitrogens with zero attached hydrogens (tertiary/aromatic N) is 4. The Kier molecular flexibility index (Phi) is 3.62. The molecule has 0 aliphatic heterocycles. The number of aromatic nitrogens is 3.